The fraction of sp³-hybridized carbons (Fsp3) is 0.727. The van der Waals surface area contributed by atoms with E-state index in [1.807, 2.05) is 5.38 Å². The number of rotatable bonds is 1. The normalized spacial score (nSPS) is 23.4. The molecule has 1 aromatic rings. The summed E-state index contributed by atoms with van der Waals surface area (Å²) >= 11 is 5.07. The molecule has 2 heterocycles. The molecule has 1 aliphatic rings. The number of thiazole rings is 1. The van der Waals surface area contributed by atoms with E-state index in [0.717, 1.165) is 22.8 Å². The van der Waals surface area contributed by atoms with Crippen LogP contribution >= 0.6 is 27.3 Å². The number of hydrogen-bond donors (Lipinski definition) is 0. The van der Waals surface area contributed by atoms with Gasteiger partial charge in [0.05, 0.1) is 11.2 Å². The quantitative estimate of drug-likeness (QED) is 0.796. The predicted molar refractivity (Wildman–Crippen MR) is 71.3 cm³/mol. The van der Waals surface area contributed by atoms with E-state index in [-0.39, 0.29) is 11.2 Å². The zero-order chi connectivity index (χ0) is 12.0. The number of aromatic nitrogens is 1. The Kier molecular flexibility index (Phi) is 3.05. The van der Waals surface area contributed by atoms with Gasteiger partial charge >= 0.3 is 0 Å². The number of nitrogens with zero attached hydrogens (tertiary/aromatic N) is 2. The Morgan fingerprint density at radius 1 is 1.31 bits per heavy atom. The van der Waals surface area contributed by atoms with E-state index >= 15 is 0 Å². The predicted octanol–water partition coefficient (Wildman–Crippen LogP) is 3.30. The standard InChI is InChI=1S/C11H17BrN2OS/c1-10(2)6-14(7-11(3,4)15-10)9-13-8(12)5-16-9/h5H,6-7H2,1-4H3. The smallest absolute Gasteiger partial charge is 0.186 e. The van der Waals surface area contributed by atoms with Crippen LogP contribution in [0.2, 0.25) is 0 Å². The molecule has 0 saturated carbocycles. The van der Waals surface area contributed by atoms with Crippen molar-refractivity contribution in [1.29, 1.82) is 0 Å². The van der Waals surface area contributed by atoms with Crippen LogP contribution in [0, 0.1) is 0 Å². The first-order chi connectivity index (χ1) is 7.27. The van der Waals surface area contributed by atoms with Gasteiger partial charge in [0.1, 0.15) is 4.60 Å². The first-order valence-electron chi connectivity index (χ1n) is 5.34. The van der Waals surface area contributed by atoms with Crippen LogP contribution < -0.4 is 4.90 Å². The minimum Gasteiger partial charge on any atom is -0.366 e. The molecule has 1 saturated heterocycles. The Hall–Kier alpha value is -0.130. The molecule has 5 heteroatoms. The van der Waals surface area contributed by atoms with Crippen LogP contribution in [0.5, 0.6) is 0 Å². The van der Waals surface area contributed by atoms with Crippen LogP contribution in [0.1, 0.15) is 27.7 Å². The van der Waals surface area contributed by atoms with Crippen LogP contribution in [-0.2, 0) is 4.74 Å². The zero-order valence-electron chi connectivity index (χ0n) is 10.1. The highest BCUT2D eigenvalue weighted by Gasteiger charge is 2.38. The first-order valence-corrected chi connectivity index (χ1v) is 7.01. The lowest BCUT2D eigenvalue weighted by Gasteiger charge is -2.47. The monoisotopic (exact) mass is 304 g/mol. The lowest BCUT2D eigenvalue weighted by Crippen LogP contribution is -2.57. The topological polar surface area (TPSA) is 25.4 Å². The maximum absolute atomic E-state index is 6.04. The van der Waals surface area contributed by atoms with Crippen molar-refractivity contribution in [3.63, 3.8) is 0 Å². The molecule has 1 fully saturated rings. The number of hydrogen-bond acceptors (Lipinski definition) is 4. The van der Waals surface area contributed by atoms with Crippen LogP contribution in [-0.4, -0.2) is 29.3 Å². The molecule has 0 unspecified atom stereocenters. The summed E-state index contributed by atoms with van der Waals surface area (Å²) in [7, 11) is 0. The third-order valence-electron chi connectivity index (χ3n) is 2.43. The van der Waals surface area contributed by atoms with Gasteiger partial charge in [-0.05, 0) is 43.6 Å². The summed E-state index contributed by atoms with van der Waals surface area (Å²) in [6, 6.07) is 0. The minimum absolute atomic E-state index is 0.125. The Morgan fingerprint density at radius 3 is 2.31 bits per heavy atom. The number of anilines is 1. The van der Waals surface area contributed by atoms with Crippen molar-refractivity contribution >= 4 is 32.4 Å². The van der Waals surface area contributed by atoms with Gasteiger partial charge in [0.2, 0.25) is 0 Å². The molecule has 1 aliphatic heterocycles. The van der Waals surface area contributed by atoms with E-state index in [1.165, 1.54) is 0 Å². The van der Waals surface area contributed by atoms with Gasteiger partial charge in [-0.25, -0.2) is 4.98 Å². The maximum Gasteiger partial charge on any atom is 0.186 e. The third kappa shape index (κ3) is 2.76. The average molecular weight is 305 g/mol. The molecule has 16 heavy (non-hydrogen) atoms. The fourth-order valence-electron chi connectivity index (χ4n) is 2.31. The zero-order valence-corrected chi connectivity index (χ0v) is 12.5. The van der Waals surface area contributed by atoms with Crippen molar-refractivity contribution in [2.24, 2.45) is 0 Å². The summed E-state index contributed by atoms with van der Waals surface area (Å²) in [4.78, 5) is 6.78. The van der Waals surface area contributed by atoms with Crippen LogP contribution in [0.4, 0.5) is 5.13 Å². The Bertz CT molecular complexity index is 373. The van der Waals surface area contributed by atoms with Crippen molar-refractivity contribution < 1.29 is 4.74 Å². The number of halogens is 1. The molecule has 0 amide bonds. The lowest BCUT2D eigenvalue weighted by atomic mass is 9.99. The molecule has 0 bridgehead atoms. The highest BCUT2D eigenvalue weighted by Crippen LogP contribution is 2.33. The minimum atomic E-state index is -0.125. The van der Waals surface area contributed by atoms with Crippen LogP contribution in [0.15, 0.2) is 9.98 Å². The number of ether oxygens (including phenoxy) is 1. The second-order valence-electron chi connectivity index (χ2n) is 5.43. The summed E-state index contributed by atoms with van der Waals surface area (Å²) < 4.78 is 6.95. The summed E-state index contributed by atoms with van der Waals surface area (Å²) in [6.45, 7) is 10.3. The molecule has 1 aromatic heterocycles. The molecule has 90 valence electrons. The van der Waals surface area contributed by atoms with Gasteiger partial charge in [-0.3, -0.25) is 0 Å². The highest BCUT2D eigenvalue weighted by molar-refractivity contribution is 9.10. The summed E-state index contributed by atoms with van der Waals surface area (Å²) in [5, 5.41) is 3.08. The van der Waals surface area contributed by atoms with Crippen molar-refractivity contribution in [3.05, 3.63) is 9.98 Å². The maximum atomic E-state index is 6.04. The third-order valence-corrected chi connectivity index (χ3v) is 4.04. The van der Waals surface area contributed by atoms with Crippen molar-refractivity contribution in [2.45, 2.75) is 38.9 Å². The van der Waals surface area contributed by atoms with Gasteiger partial charge in [-0.2, -0.15) is 0 Å². The molecular formula is C11H17BrN2OS. The molecular weight excluding hydrogens is 288 g/mol. The van der Waals surface area contributed by atoms with Crippen LogP contribution in [0.3, 0.4) is 0 Å². The van der Waals surface area contributed by atoms with E-state index in [0.29, 0.717) is 0 Å². The van der Waals surface area contributed by atoms with E-state index in [2.05, 4.69) is 53.5 Å². The summed E-state index contributed by atoms with van der Waals surface area (Å²) in [6.07, 6.45) is 0. The SMILES string of the molecule is CC1(C)CN(c2nc(Br)cs2)CC(C)(C)O1. The van der Waals surface area contributed by atoms with Gasteiger partial charge in [-0.1, -0.05) is 0 Å². The summed E-state index contributed by atoms with van der Waals surface area (Å²) in [5.74, 6) is 0. The van der Waals surface area contributed by atoms with Gasteiger partial charge in [0.25, 0.3) is 0 Å². The largest absolute Gasteiger partial charge is 0.366 e. The molecule has 0 radical (unpaired) electrons. The van der Waals surface area contributed by atoms with E-state index < -0.39 is 0 Å². The van der Waals surface area contributed by atoms with Gasteiger partial charge in [0, 0.05) is 18.5 Å². The molecule has 0 atom stereocenters. The molecule has 0 aliphatic carbocycles. The summed E-state index contributed by atoms with van der Waals surface area (Å²) in [5.41, 5.74) is -0.250. The van der Waals surface area contributed by atoms with Crippen molar-refractivity contribution in [2.75, 3.05) is 18.0 Å². The Balaban J connectivity index is 2.22. The molecule has 3 nitrogen and oxygen atoms in total. The number of morpholine rings is 1. The Labute approximate surface area is 109 Å². The Morgan fingerprint density at radius 2 is 1.88 bits per heavy atom. The van der Waals surface area contributed by atoms with Crippen molar-refractivity contribution in [3.8, 4) is 0 Å². The van der Waals surface area contributed by atoms with Gasteiger partial charge in [-0.15, -0.1) is 11.3 Å². The molecule has 0 N–H and O–H groups in total. The molecule has 0 spiro atoms. The molecule has 2 rings (SSSR count). The first kappa shape index (κ1) is 12.3. The fourth-order valence-corrected chi connectivity index (χ4v) is 3.56. The van der Waals surface area contributed by atoms with Gasteiger partial charge < -0.3 is 9.64 Å². The highest BCUT2D eigenvalue weighted by atomic mass is 79.9. The lowest BCUT2D eigenvalue weighted by molar-refractivity contribution is -0.133. The van der Waals surface area contributed by atoms with Crippen molar-refractivity contribution in [1.82, 2.24) is 4.98 Å². The molecule has 0 aromatic carbocycles. The second kappa shape index (κ2) is 3.96. The van der Waals surface area contributed by atoms with E-state index in [1.54, 1.807) is 11.3 Å². The van der Waals surface area contributed by atoms with Gasteiger partial charge in [0.15, 0.2) is 5.13 Å². The van der Waals surface area contributed by atoms with E-state index in [9.17, 15) is 0 Å². The second-order valence-corrected chi connectivity index (χ2v) is 7.08. The van der Waals surface area contributed by atoms with Crippen LogP contribution in [0.25, 0.3) is 0 Å². The van der Waals surface area contributed by atoms with E-state index in [4.69, 9.17) is 4.74 Å². The average Bonchev–Trinajstić information content (AvgIpc) is 2.45.